The van der Waals surface area contributed by atoms with Crippen LogP contribution in [-0.2, 0) is 4.79 Å². The lowest BCUT2D eigenvalue weighted by atomic mass is 9.95. The van der Waals surface area contributed by atoms with Crippen LogP contribution >= 0.6 is 11.6 Å². The van der Waals surface area contributed by atoms with Crippen LogP contribution in [0.25, 0.3) is 0 Å². The number of rotatable bonds is 6. The number of amides is 1. The molecule has 2 aliphatic heterocycles. The van der Waals surface area contributed by atoms with E-state index in [0.29, 0.717) is 50.7 Å². The number of piperazine rings is 1. The van der Waals surface area contributed by atoms with E-state index < -0.39 is 12.7 Å². The maximum absolute atomic E-state index is 12.7. The van der Waals surface area contributed by atoms with Gasteiger partial charge in [0.2, 0.25) is 5.91 Å². The van der Waals surface area contributed by atoms with Crippen LogP contribution in [0.4, 0.5) is 13.2 Å². The van der Waals surface area contributed by atoms with Gasteiger partial charge in [0.05, 0.1) is 6.54 Å². The van der Waals surface area contributed by atoms with E-state index in [-0.39, 0.29) is 11.8 Å². The molecule has 0 aliphatic carbocycles. The third-order valence-corrected chi connectivity index (χ3v) is 5.77. The number of piperidine rings is 1. The molecule has 2 aliphatic rings. The smallest absolute Gasteiger partial charge is 0.401 e. The standard InChI is InChI=1S/C20H27ClF3N3O2/c21-17-1-3-18(4-2-17)29-14-13-25-9-11-27(12-10-25)19(28)16-5-7-26(8-6-16)15-20(22,23)24/h1-4,16H,5-15H2. The molecule has 0 unspecified atom stereocenters. The summed E-state index contributed by atoms with van der Waals surface area (Å²) in [4.78, 5) is 18.2. The van der Waals surface area contributed by atoms with Crippen LogP contribution in [0.3, 0.4) is 0 Å². The van der Waals surface area contributed by atoms with Crippen molar-refractivity contribution in [3.8, 4) is 5.75 Å². The van der Waals surface area contributed by atoms with E-state index in [9.17, 15) is 18.0 Å². The van der Waals surface area contributed by atoms with Gasteiger partial charge in [-0.2, -0.15) is 13.2 Å². The number of nitrogens with zero attached hydrogens (tertiary/aromatic N) is 3. The molecule has 2 fully saturated rings. The molecule has 0 atom stereocenters. The normalized spacial score (nSPS) is 20.1. The van der Waals surface area contributed by atoms with Gasteiger partial charge in [-0.25, -0.2) is 0 Å². The van der Waals surface area contributed by atoms with Gasteiger partial charge >= 0.3 is 6.18 Å². The molecule has 1 amide bonds. The molecular weight excluding hydrogens is 407 g/mol. The Morgan fingerprint density at radius 1 is 1.00 bits per heavy atom. The molecule has 1 aromatic carbocycles. The second kappa shape index (κ2) is 10.00. The van der Waals surface area contributed by atoms with Crippen LogP contribution in [0.1, 0.15) is 12.8 Å². The summed E-state index contributed by atoms with van der Waals surface area (Å²) in [6, 6.07) is 7.24. The summed E-state index contributed by atoms with van der Waals surface area (Å²) in [5.41, 5.74) is 0. The molecule has 5 nitrogen and oxygen atoms in total. The van der Waals surface area contributed by atoms with Gasteiger partial charge in [-0.05, 0) is 50.2 Å². The first kappa shape index (κ1) is 22.2. The van der Waals surface area contributed by atoms with E-state index in [1.165, 1.54) is 4.90 Å². The number of ether oxygens (including phenoxy) is 1. The molecule has 1 aromatic rings. The Morgan fingerprint density at radius 3 is 2.21 bits per heavy atom. The number of hydrogen-bond acceptors (Lipinski definition) is 4. The van der Waals surface area contributed by atoms with Crippen molar-refractivity contribution in [2.45, 2.75) is 19.0 Å². The Kier molecular flexibility index (Phi) is 7.65. The van der Waals surface area contributed by atoms with Gasteiger partial charge in [0.1, 0.15) is 12.4 Å². The maximum Gasteiger partial charge on any atom is 0.401 e. The lowest BCUT2D eigenvalue weighted by molar-refractivity contribution is -0.151. The summed E-state index contributed by atoms with van der Waals surface area (Å²) < 4.78 is 43.2. The molecular formula is C20H27ClF3N3O2. The number of carbonyl (C=O) groups is 1. The zero-order chi connectivity index (χ0) is 20.9. The van der Waals surface area contributed by atoms with Crippen LogP contribution < -0.4 is 4.74 Å². The van der Waals surface area contributed by atoms with E-state index >= 15 is 0 Å². The zero-order valence-corrected chi connectivity index (χ0v) is 17.1. The number of hydrogen-bond donors (Lipinski definition) is 0. The van der Waals surface area contributed by atoms with Crippen LogP contribution in [0, 0.1) is 5.92 Å². The number of alkyl halides is 3. The van der Waals surface area contributed by atoms with E-state index in [1.54, 1.807) is 12.1 Å². The Hall–Kier alpha value is -1.51. The highest BCUT2D eigenvalue weighted by atomic mass is 35.5. The van der Waals surface area contributed by atoms with Crippen LogP contribution in [0.15, 0.2) is 24.3 Å². The highest BCUT2D eigenvalue weighted by Gasteiger charge is 2.35. The molecule has 3 rings (SSSR count). The highest BCUT2D eigenvalue weighted by molar-refractivity contribution is 6.30. The molecule has 0 aromatic heterocycles. The molecule has 0 saturated carbocycles. The van der Waals surface area contributed by atoms with Crippen molar-refractivity contribution in [3.05, 3.63) is 29.3 Å². The van der Waals surface area contributed by atoms with E-state index in [2.05, 4.69) is 4.90 Å². The number of halogens is 4. The zero-order valence-electron chi connectivity index (χ0n) is 16.3. The Labute approximate surface area is 174 Å². The molecule has 0 spiro atoms. The van der Waals surface area contributed by atoms with Crippen molar-refractivity contribution in [3.63, 3.8) is 0 Å². The van der Waals surface area contributed by atoms with E-state index in [1.807, 2.05) is 17.0 Å². The minimum Gasteiger partial charge on any atom is -0.492 e. The minimum atomic E-state index is -4.18. The van der Waals surface area contributed by atoms with Crippen LogP contribution in [0.5, 0.6) is 5.75 Å². The Bertz CT molecular complexity index is 656. The van der Waals surface area contributed by atoms with Gasteiger partial charge in [0.25, 0.3) is 0 Å². The summed E-state index contributed by atoms with van der Waals surface area (Å²) in [6.45, 7) is 3.99. The average Bonchev–Trinajstić information content (AvgIpc) is 2.69. The maximum atomic E-state index is 12.7. The molecule has 2 saturated heterocycles. The molecule has 2 heterocycles. The first-order valence-corrected chi connectivity index (χ1v) is 10.4. The van der Waals surface area contributed by atoms with Crippen molar-refractivity contribution in [2.24, 2.45) is 5.92 Å². The lowest BCUT2D eigenvalue weighted by Gasteiger charge is -2.38. The number of benzene rings is 1. The van der Waals surface area contributed by atoms with Gasteiger partial charge in [-0.15, -0.1) is 0 Å². The topological polar surface area (TPSA) is 36.0 Å². The Balaban J connectivity index is 1.34. The van der Waals surface area contributed by atoms with Crippen molar-refractivity contribution in [2.75, 3.05) is 59.0 Å². The fourth-order valence-corrected chi connectivity index (χ4v) is 3.99. The summed E-state index contributed by atoms with van der Waals surface area (Å²) in [5.74, 6) is 0.716. The van der Waals surface area contributed by atoms with Gasteiger partial charge in [-0.3, -0.25) is 14.6 Å². The van der Waals surface area contributed by atoms with Gasteiger partial charge in [-0.1, -0.05) is 11.6 Å². The molecule has 0 radical (unpaired) electrons. The third-order valence-electron chi connectivity index (χ3n) is 5.51. The van der Waals surface area contributed by atoms with E-state index in [0.717, 1.165) is 25.4 Å². The van der Waals surface area contributed by atoms with Crippen LogP contribution in [-0.4, -0.2) is 85.7 Å². The molecule has 9 heteroatoms. The first-order valence-electron chi connectivity index (χ1n) is 9.99. The lowest BCUT2D eigenvalue weighted by Crippen LogP contribution is -2.52. The van der Waals surface area contributed by atoms with Crippen molar-refractivity contribution < 1.29 is 22.7 Å². The molecule has 0 N–H and O–H groups in total. The number of carbonyl (C=O) groups excluding carboxylic acids is 1. The predicted octanol–water partition coefficient (Wildman–Crippen LogP) is 3.14. The fraction of sp³-hybridized carbons (Fsp3) is 0.650. The van der Waals surface area contributed by atoms with Gasteiger partial charge in [0, 0.05) is 43.7 Å². The van der Waals surface area contributed by atoms with E-state index in [4.69, 9.17) is 16.3 Å². The Morgan fingerprint density at radius 2 is 1.62 bits per heavy atom. The fourth-order valence-electron chi connectivity index (χ4n) is 3.87. The number of likely N-dealkylation sites (tertiary alicyclic amines) is 1. The highest BCUT2D eigenvalue weighted by Crippen LogP contribution is 2.24. The van der Waals surface area contributed by atoms with Gasteiger partial charge < -0.3 is 9.64 Å². The summed E-state index contributed by atoms with van der Waals surface area (Å²) >= 11 is 5.85. The monoisotopic (exact) mass is 433 g/mol. The quantitative estimate of drug-likeness (QED) is 0.690. The second-order valence-corrected chi connectivity index (χ2v) is 8.07. The van der Waals surface area contributed by atoms with Gasteiger partial charge in [0.15, 0.2) is 0 Å². The third kappa shape index (κ3) is 7.04. The van der Waals surface area contributed by atoms with Crippen molar-refractivity contribution in [1.82, 2.24) is 14.7 Å². The summed E-state index contributed by atoms with van der Waals surface area (Å²) in [7, 11) is 0. The van der Waals surface area contributed by atoms with Crippen molar-refractivity contribution in [1.29, 1.82) is 0 Å². The van der Waals surface area contributed by atoms with Crippen LogP contribution in [0.2, 0.25) is 5.02 Å². The largest absolute Gasteiger partial charge is 0.492 e. The average molecular weight is 434 g/mol. The second-order valence-electron chi connectivity index (χ2n) is 7.63. The predicted molar refractivity (Wildman–Crippen MR) is 105 cm³/mol. The van der Waals surface area contributed by atoms with Crippen molar-refractivity contribution >= 4 is 17.5 Å². The first-order chi connectivity index (χ1) is 13.8. The SMILES string of the molecule is O=C(C1CCN(CC(F)(F)F)CC1)N1CCN(CCOc2ccc(Cl)cc2)CC1. The summed E-state index contributed by atoms with van der Waals surface area (Å²) in [6.07, 6.45) is -3.17. The molecule has 29 heavy (non-hydrogen) atoms. The minimum absolute atomic E-state index is 0.0914. The molecule has 0 bridgehead atoms. The molecule has 162 valence electrons. The summed E-state index contributed by atoms with van der Waals surface area (Å²) in [5, 5.41) is 0.671.